The smallest absolute Gasteiger partial charge is 0.295 e. The minimum atomic E-state index is -0.313. The summed E-state index contributed by atoms with van der Waals surface area (Å²) < 4.78 is 0. The van der Waals surface area contributed by atoms with Crippen LogP contribution in [0.3, 0.4) is 0 Å². The molecule has 0 heterocycles. The van der Waals surface area contributed by atoms with Crippen LogP contribution < -0.4 is 5.32 Å². The average Bonchev–Trinajstić information content (AvgIpc) is 2.39. The molecule has 1 aliphatic rings. The number of nitrogens with zero attached hydrogens (tertiary/aromatic N) is 1. The number of nitro benzene ring substituents is 1. The Morgan fingerprint density at radius 2 is 2.05 bits per heavy atom. The molecule has 1 N–H and O–H groups in total. The predicted molar refractivity (Wildman–Crippen MR) is 79.2 cm³/mol. The fourth-order valence-electron chi connectivity index (χ4n) is 2.82. The van der Waals surface area contributed by atoms with Crippen LogP contribution in [-0.4, -0.2) is 11.5 Å². The van der Waals surface area contributed by atoms with Crippen LogP contribution in [0.25, 0.3) is 0 Å². The highest BCUT2D eigenvalue weighted by molar-refractivity contribution is 5.65. The molecule has 2 aromatic rings. The second kappa shape index (κ2) is 4.96. The van der Waals surface area contributed by atoms with Crippen molar-refractivity contribution in [2.45, 2.75) is 19.3 Å². The Labute approximate surface area is 117 Å². The van der Waals surface area contributed by atoms with Crippen molar-refractivity contribution < 1.29 is 4.92 Å². The van der Waals surface area contributed by atoms with E-state index >= 15 is 0 Å². The van der Waals surface area contributed by atoms with Crippen molar-refractivity contribution in [2.75, 3.05) is 11.9 Å². The van der Waals surface area contributed by atoms with Gasteiger partial charge in [-0.15, -0.1) is 0 Å². The van der Waals surface area contributed by atoms with Gasteiger partial charge in [0.15, 0.2) is 0 Å². The third-order valence-corrected chi connectivity index (χ3v) is 3.92. The second-order valence-electron chi connectivity index (χ2n) is 5.21. The van der Waals surface area contributed by atoms with Crippen LogP contribution in [0.4, 0.5) is 11.4 Å². The summed E-state index contributed by atoms with van der Waals surface area (Å²) in [7, 11) is 0. The molecule has 0 spiro atoms. The fourth-order valence-corrected chi connectivity index (χ4v) is 2.82. The zero-order valence-corrected chi connectivity index (χ0v) is 11.3. The Balaban J connectivity index is 1.75. The first-order valence-corrected chi connectivity index (χ1v) is 6.72. The lowest BCUT2D eigenvalue weighted by Crippen LogP contribution is -2.24. The van der Waals surface area contributed by atoms with Gasteiger partial charge >= 0.3 is 0 Å². The number of nitro groups is 1. The van der Waals surface area contributed by atoms with Gasteiger partial charge in [-0.05, 0) is 30.5 Å². The van der Waals surface area contributed by atoms with Gasteiger partial charge in [-0.1, -0.05) is 36.4 Å². The van der Waals surface area contributed by atoms with Crippen molar-refractivity contribution >= 4 is 11.4 Å². The maximum absolute atomic E-state index is 11.1. The summed E-state index contributed by atoms with van der Waals surface area (Å²) in [5.41, 5.74) is 4.22. The number of nitrogens with one attached hydrogen (secondary N) is 1. The lowest BCUT2D eigenvalue weighted by atomic mass is 9.77. The van der Waals surface area contributed by atoms with Crippen LogP contribution in [0.15, 0.2) is 42.5 Å². The Morgan fingerprint density at radius 1 is 1.25 bits per heavy atom. The van der Waals surface area contributed by atoms with E-state index in [0.717, 1.165) is 13.0 Å². The normalized spacial score (nSPS) is 16.1. The SMILES string of the molecule is Cc1cccc(NCC2Cc3ccccc32)c1[N+](=O)[O-]. The van der Waals surface area contributed by atoms with E-state index in [0.29, 0.717) is 17.2 Å². The number of benzene rings is 2. The number of anilines is 1. The van der Waals surface area contributed by atoms with Crippen molar-refractivity contribution in [3.63, 3.8) is 0 Å². The van der Waals surface area contributed by atoms with E-state index in [-0.39, 0.29) is 10.6 Å². The molecule has 1 atom stereocenters. The lowest BCUT2D eigenvalue weighted by molar-refractivity contribution is -0.384. The minimum Gasteiger partial charge on any atom is -0.379 e. The van der Waals surface area contributed by atoms with Gasteiger partial charge in [-0.3, -0.25) is 10.1 Å². The van der Waals surface area contributed by atoms with Gasteiger partial charge in [0.25, 0.3) is 5.69 Å². The van der Waals surface area contributed by atoms with Crippen LogP contribution in [-0.2, 0) is 6.42 Å². The highest BCUT2D eigenvalue weighted by atomic mass is 16.6. The molecule has 102 valence electrons. The molecule has 2 aromatic carbocycles. The number of aryl methyl sites for hydroxylation is 1. The summed E-state index contributed by atoms with van der Waals surface area (Å²) in [6.45, 7) is 2.50. The van der Waals surface area contributed by atoms with E-state index in [1.54, 1.807) is 19.1 Å². The third-order valence-electron chi connectivity index (χ3n) is 3.92. The van der Waals surface area contributed by atoms with Gasteiger partial charge in [0, 0.05) is 18.0 Å². The van der Waals surface area contributed by atoms with E-state index in [1.165, 1.54) is 11.1 Å². The van der Waals surface area contributed by atoms with E-state index in [9.17, 15) is 10.1 Å². The molecule has 0 radical (unpaired) electrons. The van der Waals surface area contributed by atoms with Crippen molar-refractivity contribution in [2.24, 2.45) is 0 Å². The summed E-state index contributed by atoms with van der Waals surface area (Å²) in [4.78, 5) is 10.8. The molecule has 0 aliphatic heterocycles. The molecule has 1 aliphatic carbocycles. The number of para-hydroxylation sites is 1. The molecule has 1 unspecified atom stereocenters. The second-order valence-corrected chi connectivity index (χ2v) is 5.21. The van der Waals surface area contributed by atoms with Crippen LogP contribution in [0, 0.1) is 17.0 Å². The molecule has 0 saturated carbocycles. The molecule has 0 bridgehead atoms. The zero-order chi connectivity index (χ0) is 14.1. The zero-order valence-electron chi connectivity index (χ0n) is 11.3. The number of hydrogen-bond acceptors (Lipinski definition) is 3. The van der Waals surface area contributed by atoms with E-state index in [1.807, 2.05) is 18.2 Å². The molecule has 4 heteroatoms. The van der Waals surface area contributed by atoms with Crippen molar-refractivity contribution in [1.29, 1.82) is 0 Å². The highest BCUT2D eigenvalue weighted by Gasteiger charge is 2.26. The molecular formula is C16H16N2O2. The van der Waals surface area contributed by atoms with Gasteiger partial charge in [0.1, 0.15) is 5.69 Å². The molecule has 20 heavy (non-hydrogen) atoms. The molecular weight excluding hydrogens is 252 g/mol. The van der Waals surface area contributed by atoms with Gasteiger partial charge in [0.05, 0.1) is 4.92 Å². The van der Waals surface area contributed by atoms with E-state index in [2.05, 4.69) is 17.4 Å². The predicted octanol–water partition coefficient (Wildman–Crippen LogP) is 3.66. The van der Waals surface area contributed by atoms with Crippen molar-refractivity contribution in [1.82, 2.24) is 0 Å². The molecule has 4 nitrogen and oxygen atoms in total. The molecule has 0 amide bonds. The van der Waals surface area contributed by atoms with E-state index in [4.69, 9.17) is 0 Å². The van der Waals surface area contributed by atoms with Crippen molar-refractivity contribution in [3.8, 4) is 0 Å². The minimum absolute atomic E-state index is 0.181. The quantitative estimate of drug-likeness (QED) is 0.680. The summed E-state index contributed by atoms with van der Waals surface area (Å²) in [6, 6.07) is 13.8. The summed E-state index contributed by atoms with van der Waals surface area (Å²) in [5.74, 6) is 0.450. The first-order chi connectivity index (χ1) is 9.66. The molecule has 3 rings (SSSR count). The van der Waals surface area contributed by atoms with Gasteiger partial charge in [0.2, 0.25) is 0 Å². The largest absolute Gasteiger partial charge is 0.379 e. The lowest BCUT2D eigenvalue weighted by Gasteiger charge is -2.30. The first-order valence-electron chi connectivity index (χ1n) is 6.72. The van der Waals surface area contributed by atoms with Gasteiger partial charge in [-0.25, -0.2) is 0 Å². The summed E-state index contributed by atoms with van der Waals surface area (Å²) >= 11 is 0. The van der Waals surface area contributed by atoms with Gasteiger partial charge in [-0.2, -0.15) is 0 Å². The Morgan fingerprint density at radius 3 is 2.80 bits per heavy atom. The molecule has 0 fully saturated rings. The first kappa shape index (κ1) is 12.7. The summed E-state index contributed by atoms with van der Waals surface area (Å²) in [6.07, 6.45) is 1.04. The van der Waals surface area contributed by atoms with E-state index < -0.39 is 0 Å². The van der Waals surface area contributed by atoms with Crippen LogP contribution in [0.1, 0.15) is 22.6 Å². The Hall–Kier alpha value is -2.36. The summed E-state index contributed by atoms with van der Waals surface area (Å²) in [5, 5.41) is 14.4. The topological polar surface area (TPSA) is 55.2 Å². The van der Waals surface area contributed by atoms with Crippen LogP contribution in [0.2, 0.25) is 0 Å². The maximum atomic E-state index is 11.1. The average molecular weight is 268 g/mol. The third kappa shape index (κ3) is 2.13. The van der Waals surface area contributed by atoms with Gasteiger partial charge < -0.3 is 5.32 Å². The Kier molecular flexibility index (Phi) is 3.14. The monoisotopic (exact) mass is 268 g/mol. The Bertz CT molecular complexity index is 667. The molecule has 0 saturated heterocycles. The van der Waals surface area contributed by atoms with Crippen LogP contribution >= 0.6 is 0 Å². The molecule has 0 aromatic heterocycles. The maximum Gasteiger partial charge on any atom is 0.295 e. The highest BCUT2D eigenvalue weighted by Crippen LogP contribution is 2.36. The van der Waals surface area contributed by atoms with Crippen LogP contribution in [0.5, 0.6) is 0 Å². The standard InChI is InChI=1S/C16H16N2O2/c1-11-5-4-8-15(16(11)18(19)20)17-10-13-9-12-6-2-3-7-14(12)13/h2-8,13,17H,9-10H2,1H3. The number of hydrogen-bond donors (Lipinski definition) is 1. The van der Waals surface area contributed by atoms with Crippen molar-refractivity contribution in [3.05, 3.63) is 69.3 Å². The number of rotatable bonds is 4. The fraction of sp³-hybridized carbons (Fsp3) is 0.250. The number of fused-ring (bicyclic) bond motifs is 1.